The topological polar surface area (TPSA) is 99.6 Å². The van der Waals surface area contributed by atoms with Crippen LogP contribution in [0.4, 0.5) is 0 Å². The summed E-state index contributed by atoms with van der Waals surface area (Å²) in [6, 6.07) is 12.9. The number of carboxylic acids is 1. The first-order valence-corrected chi connectivity index (χ1v) is 9.24. The minimum atomic E-state index is -0.984. The van der Waals surface area contributed by atoms with Crippen LogP contribution in [0.1, 0.15) is 17.5 Å². The van der Waals surface area contributed by atoms with Crippen molar-refractivity contribution in [2.24, 2.45) is 11.8 Å². The molecule has 146 valence electrons. The van der Waals surface area contributed by atoms with Gasteiger partial charge in [0.1, 0.15) is 0 Å². The fraction of sp³-hybridized carbons (Fsp3) is 0.333. The number of carbonyl (C=O) groups excluding carboxylic acids is 2. The van der Waals surface area contributed by atoms with E-state index in [-0.39, 0.29) is 37.7 Å². The molecule has 1 fully saturated rings. The minimum absolute atomic E-state index is 0.132. The summed E-state index contributed by atoms with van der Waals surface area (Å²) >= 11 is 0. The van der Waals surface area contributed by atoms with Crippen LogP contribution in [0.15, 0.2) is 54.9 Å². The normalized spacial score (nSPS) is 19.1. The number of benzene rings is 1. The van der Waals surface area contributed by atoms with E-state index in [4.69, 9.17) is 0 Å². The van der Waals surface area contributed by atoms with Crippen LogP contribution in [0, 0.1) is 11.8 Å². The van der Waals surface area contributed by atoms with Crippen molar-refractivity contribution in [2.45, 2.75) is 19.4 Å². The van der Waals surface area contributed by atoms with Gasteiger partial charge in [0.25, 0.3) is 0 Å². The largest absolute Gasteiger partial charge is 0.481 e. The third-order valence-electron chi connectivity index (χ3n) is 4.91. The Morgan fingerprint density at radius 1 is 1.04 bits per heavy atom. The summed E-state index contributed by atoms with van der Waals surface area (Å²) in [6.07, 6.45) is 3.73. The van der Waals surface area contributed by atoms with Gasteiger partial charge in [-0.25, -0.2) is 0 Å². The monoisotopic (exact) mass is 381 g/mol. The standard InChI is InChI=1S/C21H23N3O4/c25-19(9-15-5-2-1-3-6-15)24-13-17(10-18(14-24)21(27)28)20(26)23-12-16-7-4-8-22-11-16/h1-8,11,17-18H,9-10,12-14H2,(H,23,26)(H,27,28)/t17-,18+/m1/s1. The zero-order valence-corrected chi connectivity index (χ0v) is 15.5. The number of carbonyl (C=O) groups is 3. The maximum absolute atomic E-state index is 12.7. The van der Waals surface area contributed by atoms with Gasteiger partial charge < -0.3 is 15.3 Å². The lowest BCUT2D eigenvalue weighted by atomic mass is 9.88. The third-order valence-corrected chi connectivity index (χ3v) is 4.91. The van der Waals surface area contributed by atoms with Crippen LogP contribution in [-0.2, 0) is 27.3 Å². The Labute approximate surface area is 163 Å². The number of aromatic nitrogens is 1. The highest BCUT2D eigenvalue weighted by Gasteiger charge is 2.36. The highest BCUT2D eigenvalue weighted by molar-refractivity contribution is 5.84. The van der Waals surface area contributed by atoms with Crippen LogP contribution in [0.5, 0.6) is 0 Å². The van der Waals surface area contributed by atoms with Crippen molar-refractivity contribution in [1.82, 2.24) is 15.2 Å². The lowest BCUT2D eigenvalue weighted by molar-refractivity contribution is -0.148. The molecule has 1 aliphatic rings. The van der Waals surface area contributed by atoms with Crippen molar-refractivity contribution in [2.75, 3.05) is 13.1 Å². The van der Waals surface area contributed by atoms with E-state index in [1.165, 1.54) is 4.90 Å². The molecular formula is C21H23N3O4. The molecule has 28 heavy (non-hydrogen) atoms. The molecule has 1 saturated heterocycles. The number of carboxylic acid groups (broad SMARTS) is 1. The second-order valence-electron chi connectivity index (χ2n) is 7.01. The Morgan fingerprint density at radius 3 is 2.43 bits per heavy atom. The third kappa shape index (κ3) is 5.16. The molecule has 0 bridgehead atoms. The van der Waals surface area contributed by atoms with E-state index < -0.39 is 17.8 Å². The predicted molar refractivity (Wildman–Crippen MR) is 102 cm³/mol. The van der Waals surface area contributed by atoms with Crippen molar-refractivity contribution >= 4 is 17.8 Å². The van der Waals surface area contributed by atoms with Gasteiger partial charge in [-0.05, 0) is 23.6 Å². The van der Waals surface area contributed by atoms with E-state index in [0.717, 1.165) is 11.1 Å². The maximum atomic E-state index is 12.7. The zero-order chi connectivity index (χ0) is 19.9. The van der Waals surface area contributed by atoms with Crippen LogP contribution in [0.2, 0.25) is 0 Å². The van der Waals surface area contributed by atoms with Crippen molar-refractivity contribution < 1.29 is 19.5 Å². The summed E-state index contributed by atoms with van der Waals surface area (Å²) < 4.78 is 0. The van der Waals surface area contributed by atoms with Crippen LogP contribution in [-0.4, -0.2) is 45.9 Å². The van der Waals surface area contributed by atoms with Crippen molar-refractivity contribution in [3.05, 3.63) is 66.0 Å². The number of aliphatic carboxylic acids is 1. The van der Waals surface area contributed by atoms with Gasteiger partial charge in [-0.1, -0.05) is 36.4 Å². The number of nitrogens with one attached hydrogen (secondary N) is 1. The molecule has 0 unspecified atom stereocenters. The molecule has 2 heterocycles. The summed E-state index contributed by atoms with van der Waals surface area (Å²) in [4.78, 5) is 42.3. The average Bonchev–Trinajstić information content (AvgIpc) is 2.73. The van der Waals surface area contributed by atoms with E-state index >= 15 is 0 Å². The van der Waals surface area contributed by atoms with Crippen molar-refractivity contribution in [3.63, 3.8) is 0 Å². The van der Waals surface area contributed by atoms with Gasteiger partial charge in [0.05, 0.1) is 18.3 Å². The van der Waals surface area contributed by atoms with Gasteiger partial charge in [0, 0.05) is 32.0 Å². The average molecular weight is 381 g/mol. The summed E-state index contributed by atoms with van der Waals surface area (Å²) in [6.45, 7) is 0.681. The van der Waals surface area contributed by atoms with E-state index in [2.05, 4.69) is 10.3 Å². The maximum Gasteiger partial charge on any atom is 0.308 e. The fourth-order valence-electron chi connectivity index (χ4n) is 3.39. The van der Waals surface area contributed by atoms with E-state index in [0.29, 0.717) is 6.54 Å². The molecule has 2 N–H and O–H groups in total. The molecule has 1 aromatic carbocycles. The summed E-state index contributed by atoms with van der Waals surface area (Å²) in [5, 5.41) is 12.3. The molecule has 0 radical (unpaired) electrons. The Kier molecular flexibility index (Phi) is 6.37. The molecule has 7 nitrogen and oxygen atoms in total. The second-order valence-corrected chi connectivity index (χ2v) is 7.01. The molecule has 1 aromatic heterocycles. The van der Waals surface area contributed by atoms with E-state index in [9.17, 15) is 19.5 Å². The predicted octanol–water partition coefficient (Wildman–Crippen LogP) is 1.49. The van der Waals surface area contributed by atoms with Crippen LogP contribution >= 0.6 is 0 Å². The number of rotatable bonds is 6. The molecule has 2 aromatic rings. The SMILES string of the molecule is O=C(O)[C@H]1C[C@@H](C(=O)NCc2cccnc2)CN(C(=O)Cc2ccccc2)C1. The first-order chi connectivity index (χ1) is 13.5. The number of hydrogen-bond acceptors (Lipinski definition) is 4. The highest BCUT2D eigenvalue weighted by atomic mass is 16.4. The first-order valence-electron chi connectivity index (χ1n) is 9.24. The lowest BCUT2D eigenvalue weighted by Gasteiger charge is -2.35. The fourth-order valence-corrected chi connectivity index (χ4v) is 3.39. The van der Waals surface area contributed by atoms with Gasteiger partial charge in [0.15, 0.2) is 0 Å². The number of pyridine rings is 1. The minimum Gasteiger partial charge on any atom is -0.481 e. The van der Waals surface area contributed by atoms with Crippen LogP contribution in [0.25, 0.3) is 0 Å². The van der Waals surface area contributed by atoms with Crippen LogP contribution < -0.4 is 5.32 Å². The van der Waals surface area contributed by atoms with E-state index in [1.54, 1.807) is 18.5 Å². The molecule has 3 rings (SSSR count). The van der Waals surface area contributed by atoms with Crippen LogP contribution in [0.3, 0.4) is 0 Å². The number of hydrogen-bond donors (Lipinski definition) is 2. The van der Waals surface area contributed by atoms with Gasteiger partial charge in [0.2, 0.25) is 11.8 Å². The number of piperidine rings is 1. The van der Waals surface area contributed by atoms with E-state index in [1.807, 2.05) is 36.4 Å². The van der Waals surface area contributed by atoms with Gasteiger partial charge >= 0.3 is 5.97 Å². The summed E-state index contributed by atoms with van der Waals surface area (Å²) in [5.41, 5.74) is 1.72. The van der Waals surface area contributed by atoms with Crippen molar-refractivity contribution in [3.8, 4) is 0 Å². The Bertz CT molecular complexity index is 826. The number of nitrogens with zero attached hydrogens (tertiary/aromatic N) is 2. The Hall–Kier alpha value is -3.22. The molecule has 1 aliphatic heterocycles. The molecule has 0 spiro atoms. The number of amides is 2. The molecule has 0 aliphatic carbocycles. The summed E-state index contributed by atoms with van der Waals surface area (Å²) in [7, 11) is 0. The van der Waals surface area contributed by atoms with Gasteiger partial charge in [-0.2, -0.15) is 0 Å². The molecule has 2 atom stereocenters. The Morgan fingerprint density at radius 2 is 1.75 bits per heavy atom. The molecule has 7 heteroatoms. The molecule has 0 saturated carbocycles. The molecular weight excluding hydrogens is 358 g/mol. The molecule has 2 amide bonds. The first kappa shape index (κ1) is 19.5. The van der Waals surface area contributed by atoms with Crippen molar-refractivity contribution in [1.29, 1.82) is 0 Å². The smallest absolute Gasteiger partial charge is 0.308 e. The summed E-state index contributed by atoms with van der Waals surface area (Å²) in [5.74, 6) is -2.69. The lowest BCUT2D eigenvalue weighted by Crippen LogP contribution is -2.50. The quantitative estimate of drug-likeness (QED) is 0.790. The van der Waals surface area contributed by atoms with Gasteiger partial charge in [-0.3, -0.25) is 19.4 Å². The Balaban J connectivity index is 1.64. The zero-order valence-electron chi connectivity index (χ0n) is 15.5. The number of likely N-dealkylation sites (tertiary alicyclic amines) is 1. The van der Waals surface area contributed by atoms with Gasteiger partial charge in [-0.15, -0.1) is 0 Å². The second kappa shape index (κ2) is 9.12. The highest BCUT2D eigenvalue weighted by Crippen LogP contribution is 2.23.